The van der Waals surface area contributed by atoms with Crippen molar-refractivity contribution in [3.63, 3.8) is 0 Å². The molecule has 1 saturated heterocycles. The van der Waals surface area contributed by atoms with Crippen molar-refractivity contribution in [2.45, 2.75) is 38.6 Å². The fourth-order valence-corrected chi connectivity index (χ4v) is 2.52. The van der Waals surface area contributed by atoms with Gasteiger partial charge in [0.15, 0.2) is 0 Å². The van der Waals surface area contributed by atoms with Gasteiger partial charge in [-0.1, -0.05) is 17.7 Å². The van der Waals surface area contributed by atoms with Crippen LogP contribution in [-0.2, 0) is 9.59 Å². The SMILES string of the molecule is Cc1ccc(NC(CC(=O)N2CCCCC2)C(N)=O)cc1. The average molecular weight is 289 g/mol. The van der Waals surface area contributed by atoms with Gasteiger partial charge < -0.3 is 16.0 Å². The lowest BCUT2D eigenvalue weighted by molar-refractivity contribution is -0.134. The Labute approximate surface area is 125 Å². The molecule has 2 amide bonds. The summed E-state index contributed by atoms with van der Waals surface area (Å²) in [4.78, 5) is 25.6. The first-order valence-electron chi connectivity index (χ1n) is 7.46. The van der Waals surface area contributed by atoms with Crippen molar-refractivity contribution >= 4 is 17.5 Å². The first-order chi connectivity index (χ1) is 10.1. The molecular weight excluding hydrogens is 266 g/mol. The van der Waals surface area contributed by atoms with Gasteiger partial charge in [-0.05, 0) is 38.3 Å². The van der Waals surface area contributed by atoms with E-state index in [4.69, 9.17) is 5.73 Å². The Morgan fingerprint density at radius 2 is 1.81 bits per heavy atom. The molecule has 1 fully saturated rings. The summed E-state index contributed by atoms with van der Waals surface area (Å²) in [5.41, 5.74) is 7.36. The number of piperidine rings is 1. The van der Waals surface area contributed by atoms with Crippen LogP contribution < -0.4 is 11.1 Å². The van der Waals surface area contributed by atoms with Crippen LogP contribution in [0.15, 0.2) is 24.3 Å². The molecule has 3 N–H and O–H groups in total. The zero-order valence-corrected chi connectivity index (χ0v) is 12.5. The van der Waals surface area contributed by atoms with Gasteiger partial charge in [-0.15, -0.1) is 0 Å². The molecule has 1 unspecified atom stereocenters. The fourth-order valence-electron chi connectivity index (χ4n) is 2.52. The van der Waals surface area contributed by atoms with Gasteiger partial charge >= 0.3 is 0 Å². The molecule has 0 spiro atoms. The van der Waals surface area contributed by atoms with Crippen molar-refractivity contribution in [1.82, 2.24) is 4.90 Å². The van der Waals surface area contributed by atoms with Crippen LogP contribution >= 0.6 is 0 Å². The number of likely N-dealkylation sites (tertiary alicyclic amines) is 1. The third-order valence-electron chi connectivity index (χ3n) is 3.82. The lowest BCUT2D eigenvalue weighted by Crippen LogP contribution is -2.43. The monoisotopic (exact) mass is 289 g/mol. The summed E-state index contributed by atoms with van der Waals surface area (Å²) in [5.74, 6) is -0.501. The van der Waals surface area contributed by atoms with E-state index in [2.05, 4.69) is 5.32 Å². The third kappa shape index (κ3) is 4.48. The summed E-state index contributed by atoms with van der Waals surface area (Å²) in [6, 6.07) is 7.01. The topological polar surface area (TPSA) is 75.4 Å². The summed E-state index contributed by atoms with van der Waals surface area (Å²) in [5, 5.41) is 3.05. The molecular formula is C16H23N3O2. The predicted molar refractivity (Wildman–Crippen MR) is 82.8 cm³/mol. The van der Waals surface area contributed by atoms with E-state index in [0.29, 0.717) is 0 Å². The summed E-state index contributed by atoms with van der Waals surface area (Å²) in [6.45, 7) is 3.57. The number of nitrogens with one attached hydrogen (secondary N) is 1. The van der Waals surface area contributed by atoms with E-state index in [1.54, 1.807) is 0 Å². The van der Waals surface area contributed by atoms with E-state index >= 15 is 0 Å². The maximum absolute atomic E-state index is 12.2. The Morgan fingerprint density at radius 1 is 1.19 bits per heavy atom. The second-order valence-electron chi connectivity index (χ2n) is 5.61. The smallest absolute Gasteiger partial charge is 0.240 e. The predicted octanol–water partition coefficient (Wildman–Crippen LogP) is 1.66. The van der Waals surface area contributed by atoms with Crippen LogP contribution in [0.4, 0.5) is 5.69 Å². The third-order valence-corrected chi connectivity index (χ3v) is 3.82. The van der Waals surface area contributed by atoms with Crippen LogP contribution in [0.3, 0.4) is 0 Å². The van der Waals surface area contributed by atoms with Crippen LogP contribution in [0.5, 0.6) is 0 Å². The highest BCUT2D eigenvalue weighted by Gasteiger charge is 2.24. The normalized spacial score (nSPS) is 16.3. The molecule has 21 heavy (non-hydrogen) atoms. The number of amides is 2. The van der Waals surface area contributed by atoms with Gasteiger partial charge in [0.2, 0.25) is 11.8 Å². The first kappa shape index (κ1) is 15.4. The van der Waals surface area contributed by atoms with Crippen LogP contribution in [0.25, 0.3) is 0 Å². The molecule has 0 bridgehead atoms. The number of carbonyl (C=O) groups excluding carboxylic acids is 2. The summed E-state index contributed by atoms with van der Waals surface area (Å²) < 4.78 is 0. The van der Waals surface area contributed by atoms with Gasteiger partial charge in [0.1, 0.15) is 6.04 Å². The van der Waals surface area contributed by atoms with Gasteiger partial charge in [0.25, 0.3) is 0 Å². The maximum Gasteiger partial charge on any atom is 0.240 e. The Bertz CT molecular complexity index is 493. The quantitative estimate of drug-likeness (QED) is 0.865. The standard InChI is InChI=1S/C16H23N3O2/c1-12-5-7-13(8-6-12)18-14(16(17)21)11-15(20)19-9-3-2-4-10-19/h5-8,14,18H,2-4,9-11H2,1H3,(H2,17,21). The summed E-state index contributed by atoms with van der Waals surface area (Å²) in [6.07, 6.45) is 3.37. The van der Waals surface area contributed by atoms with Crippen LogP contribution in [0, 0.1) is 6.92 Å². The molecule has 1 aliphatic rings. The fraction of sp³-hybridized carbons (Fsp3) is 0.500. The van der Waals surface area contributed by atoms with Crippen molar-refractivity contribution in [3.05, 3.63) is 29.8 Å². The van der Waals surface area contributed by atoms with E-state index < -0.39 is 11.9 Å². The molecule has 1 atom stereocenters. The van der Waals surface area contributed by atoms with Crippen molar-refractivity contribution in [2.24, 2.45) is 5.73 Å². The van der Waals surface area contributed by atoms with Crippen LogP contribution in [0.2, 0.25) is 0 Å². The van der Waals surface area contributed by atoms with Crippen LogP contribution in [-0.4, -0.2) is 35.8 Å². The molecule has 1 heterocycles. The summed E-state index contributed by atoms with van der Waals surface area (Å²) >= 11 is 0. The largest absolute Gasteiger partial charge is 0.373 e. The zero-order chi connectivity index (χ0) is 15.2. The van der Waals surface area contributed by atoms with Crippen molar-refractivity contribution < 1.29 is 9.59 Å². The number of aryl methyl sites for hydroxylation is 1. The number of nitrogens with zero attached hydrogens (tertiary/aromatic N) is 1. The molecule has 5 heteroatoms. The van der Waals surface area contributed by atoms with Gasteiger partial charge in [0.05, 0.1) is 6.42 Å². The Balaban J connectivity index is 1.96. The minimum atomic E-state index is -0.665. The highest BCUT2D eigenvalue weighted by molar-refractivity contribution is 5.89. The molecule has 114 valence electrons. The Morgan fingerprint density at radius 3 is 2.38 bits per heavy atom. The zero-order valence-electron chi connectivity index (χ0n) is 12.5. The minimum Gasteiger partial charge on any atom is -0.373 e. The Kier molecular flexibility index (Phi) is 5.20. The number of hydrogen-bond acceptors (Lipinski definition) is 3. The van der Waals surface area contributed by atoms with Gasteiger partial charge in [-0.2, -0.15) is 0 Å². The number of benzene rings is 1. The molecule has 1 aliphatic heterocycles. The van der Waals surface area contributed by atoms with Gasteiger partial charge in [0, 0.05) is 18.8 Å². The van der Waals surface area contributed by atoms with Crippen LogP contribution in [0.1, 0.15) is 31.2 Å². The number of rotatable bonds is 5. The van der Waals surface area contributed by atoms with E-state index in [0.717, 1.165) is 37.2 Å². The van der Waals surface area contributed by atoms with Crippen molar-refractivity contribution in [2.75, 3.05) is 18.4 Å². The molecule has 0 saturated carbocycles. The van der Waals surface area contributed by atoms with Crippen molar-refractivity contribution in [3.8, 4) is 0 Å². The number of anilines is 1. The highest BCUT2D eigenvalue weighted by Crippen LogP contribution is 2.14. The van der Waals surface area contributed by atoms with Gasteiger partial charge in [-0.25, -0.2) is 0 Å². The number of hydrogen-bond donors (Lipinski definition) is 2. The minimum absolute atomic E-state index is 0.00175. The number of carbonyl (C=O) groups is 2. The second-order valence-corrected chi connectivity index (χ2v) is 5.61. The summed E-state index contributed by atoms with van der Waals surface area (Å²) in [7, 11) is 0. The van der Waals surface area contributed by atoms with E-state index in [-0.39, 0.29) is 12.3 Å². The molecule has 1 aromatic carbocycles. The lowest BCUT2D eigenvalue weighted by Gasteiger charge is -2.28. The van der Waals surface area contributed by atoms with E-state index in [1.165, 1.54) is 6.42 Å². The average Bonchev–Trinajstić information content (AvgIpc) is 2.49. The van der Waals surface area contributed by atoms with E-state index in [1.807, 2.05) is 36.1 Å². The second kappa shape index (κ2) is 7.11. The highest BCUT2D eigenvalue weighted by atomic mass is 16.2. The Hall–Kier alpha value is -2.04. The van der Waals surface area contributed by atoms with Gasteiger partial charge in [-0.3, -0.25) is 9.59 Å². The lowest BCUT2D eigenvalue weighted by atomic mass is 10.1. The molecule has 0 radical (unpaired) electrons. The number of primary amides is 1. The molecule has 0 aliphatic carbocycles. The number of nitrogens with two attached hydrogens (primary N) is 1. The van der Waals surface area contributed by atoms with Crippen molar-refractivity contribution in [1.29, 1.82) is 0 Å². The van der Waals surface area contributed by atoms with E-state index in [9.17, 15) is 9.59 Å². The molecule has 2 rings (SSSR count). The maximum atomic E-state index is 12.2. The first-order valence-corrected chi connectivity index (χ1v) is 7.46. The molecule has 5 nitrogen and oxygen atoms in total. The molecule has 1 aromatic rings. The molecule has 0 aromatic heterocycles.